The molecule has 1 aliphatic rings. The minimum absolute atomic E-state index is 0.0126. The Bertz CT molecular complexity index is 790. The monoisotopic (exact) mass is 397 g/mol. The number of aromatic nitrogens is 2. The van der Waals surface area contributed by atoms with Crippen LogP contribution in [0.15, 0.2) is 42.7 Å². The van der Waals surface area contributed by atoms with Crippen LogP contribution in [0.25, 0.3) is 0 Å². The number of ether oxygens (including phenoxy) is 1. The molecule has 0 aliphatic carbocycles. The second-order valence-electron chi connectivity index (χ2n) is 6.88. The molecule has 2 aromatic rings. The second-order valence-corrected chi connectivity index (χ2v) is 6.88. The number of carbonyl (C=O) groups is 2. The van der Waals surface area contributed by atoms with Crippen molar-refractivity contribution in [1.29, 1.82) is 0 Å². The fourth-order valence-electron chi connectivity index (χ4n) is 3.20. The van der Waals surface area contributed by atoms with E-state index in [-0.39, 0.29) is 23.7 Å². The number of anilines is 1. The summed E-state index contributed by atoms with van der Waals surface area (Å²) >= 11 is 0. The van der Waals surface area contributed by atoms with Crippen LogP contribution in [-0.4, -0.2) is 59.2 Å². The summed E-state index contributed by atoms with van der Waals surface area (Å²) in [6, 6.07) is 10.2. The number of amides is 2. The van der Waals surface area contributed by atoms with E-state index in [1.54, 1.807) is 18.0 Å². The highest BCUT2D eigenvalue weighted by molar-refractivity contribution is 5.92. The highest BCUT2D eigenvalue weighted by Gasteiger charge is 2.25. The molecule has 8 heteroatoms. The minimum atomic E-state index is -0.293. The zero-order valence-electron chi connectivity index (χ0n) is 16.6. The van der Waals surface area contributed by atoms with Crippen molar-refractivity contribution in [3.05, 3.63) is 54.0 Å². The maximum atomic E-state index is 12.4. The first kappa shape index (κ1) is 20.6. The van der Waals surface area contributed by atoms with Gasteiger partial charge in [0.1, 0.15) is 11.5 Å². The fourth-order valence-corrected chi connectivity index (χ4v) is 3.20. The molecule has 0 saturated carbocycles. The van der Waals surface area contributed by atoms with Crippen molar-refractivity contribution in [2.24, 2.45) is 0 Å². The number of rotatable bonds is 7. The molecular weight excluding hydrogens is 370 g/mol. The summed E-state index contributed by atoms with van der Waals surface area (Å²) in [6.45, 7) is 4.03. The molecule has 2 amide bonds. The van der Waals surface area contributed by atoms with E-state index in [4.69, 9.17) is 4.74 Å². The number of piperidine rings is 1. The Morgan fingerprint density at radius 3 is 2.55 bits per heavy atom. The average Bonchev–Trinajstić information content (AvgIpc) is 2.75. The zero-order chi connectivity index (χ0) is 20.5. The lowest BCUT2D eigenvalue weighted by Crippen LogP contribution is -2.46. The summed E-state index contributed by atoms with van der Waals surface area (Å²) < 4.78 is 5.01. The van der Waals surface area contributed by atoms with E-state index < -0.39 is 0 Å². The molecule has 1 aliphatic heterocycles. The van der Waals surface area contributed by atoms with Crippen molar-refractivity contribution < 1.29 is 14.3 Å². The van der Waals surface area contributed by atoms with Crippen LogP contribution < -0.4 is 10.6 Å². The van der Waals surface area contributed by atoms with Gasteiger partial charge < -0.3 is 20.3 Å². The molecular formula is C21H27N5O3. The third-order valence-corrected chi connectivity index (χ3v) is 4.80. The van der Waals surface area contributed by atoms with E-state index in [0.29, 0.717) is 38.4 Å². The topological polar surface area (TPSA) is 96.5 Å². The third-order valence-electron chi connectivity index (χ3n) is 4.80. The number of benzene rings is 1. The molecule has 1 fully saturated rings. The Balaban J connectivity index is 1.41. The van der Waals surface area contributed by atoms with E-state index in [2.05, 4.69) is 32.7 Å². The normalized spacial score (nSPS) is 14.3. The minimum Gasteiger partial charge on any atom is -0.450 e. The first-order valence-corrected chi connectivity index (χ1v) is 9.98. The SMILES string of the molecule is CCOC(=O)N1CCC(NC(=O)c2cnc(NCCc3ccccc3)cn2)CC1. The van der Waals surface area contributed by atoms with Crippen LogP contribution in [-0.2, 0) is 11.2 Å². The van der Waals surface area contributed by atoms with Crippen LogP contribution in [0.2, 0.25) is 0 Å². The lowest BCUT2D eigenvalue weighted by molar-refractivity contribution is 0.0856. The van der Waals surface area contributed by atoms with Gasteiger partial charge in [0.05, 0.1) is 19.0 Å². The van der Waals surface area contributed by atoms with Crippen molar-refractivity contribution >= 4 is 17.8 Å². The summed E-state index contributed by atoms with van der Waals surface area (Å²) in [5, 5.41) is 6.18. The van der Waals surface area contributed by atoms with Gasteiger partial charge in [0.2, 0.25) is 0 Å². The largest absolute Gasteiger partial charge is 0.450 e. The van der Waals surface area contributed by atoms with Gasteiger partial charge in [-0.1, -0.05) is 30.3 Å². The first-order valence-electron chi connectivity index (χ1n) is 9.98. The van der Waals surface area contributed by atoms with Crippen LogP contribution in [0.5, 0.6) is 0 Å². The van der Waals surface area contributed by atoms with Crippen molar-refractivity contribution in [3.8, 4) is 0 Å². The van der Waals surface area contributed by atoms with E-state index in [0.717, 1.165) is 13.0 Å². The molecule has 8 nitrogen and oxygen atoms in total. The second kappa shape index (κ2) is 10.4. The van der Waals surface area contributed by atoms with Crippen LogP contribution in [0.4, 0.5) is 10.6 Å². The Kier molecular flexibility index (Phi) is 7.38. The van der Waals surface area contributed by atoms with Gasteiger partial charge in [0.25, 0.3) is 5.91 Å². The van der Waals surface area contributed by atoms with Gasteiger partial charge >= 0.3 is 6.09 Å². The van der Waals surface area contributed by atoms with Crippen LogP contribution in [0, 0.1) is 0 Å². The Morgan fingerprint density at radius 1 is 1.14 bits per heavy atom. The summed E-state index contributed by atoms with van der Waals surface area (Å²) in [7, 11) is 0. The standard InChI is InChI=1S/C21H27N5O3/c1-2-29-21(28)26-12-9-17(10-13-26)25-20(27)18-14-24-19(15-23-18)22-11-8-16-6-4-3-5-7-16/h3-7,14-15,17H,2,8-13H2,1H3,(H,22,24)(H,25,27). The molecule has 154 valence electrons. The molecule has 0 spiro atoms. The number of hydrogen-bond acceptors (Lipinski definition) is 6. The van der Waals surface area contributed by atoms with Crippen molar-refractivity contribution in [2.75, 3.05) is 31.6 Å². The summed E-state index contributed by atoms with van der Waals surface area (Å²) in [4.78, 5) is 34.3. The highest BCUT2D eigenvalue weighted by atomic mass is 16.6. The average molecular weight is 397 g/mol. The van der Waals surface area contributed by atoms with Gasteiger partial charge in [-0.15, -0.1) is 0 Å². The molecule has 2 N–H and O–H groups in total. The molecule has 29 heavy (non-hydrogen) atoms. The van der Waals surface area contributed by atoms with E-state index in [1.165, 1.54) is 11.8 Å². The van der Waals surface area contributed by atoms with Gasteiger partial charge in [-0.05, 0) is 31.7 Å². The Hall–Kier alpha value is -3.16. The van der Waals surface area contributed by atoms with Gasteiger partial charge in [-0.25, -0.2) is 14.8 Å². The number of nitrogens with one attached hydrogen (secondary N) is 2. The smallest absolute Gasteiger partial charge is 0.409 e. The van der Waals surface area contributed by atoms with Gasteiger partial charge in [0.15, 0.2) is 0 Å². The quantitative estimate of drug-likeness (QED) is 0.745. The van der Waals surface area contributed by atoms with Crippen molar-refractivity contribution in [2.45, 2.75) is 32.2 Å². The molecule has 1 aromatic carbocycles. The molecule has 0 radical (unpaired) electrons. The third kappa shape index (κ3) is 6.17. The maximum absolute atomic E-state index is 12.4. The van der Waals surface area contributed by atoms with Crippen LogP contribution in [0.1, 0.15) is 35.8 Å². The lowest BCUT2D eigenvalue weighted by atomic mass is 10.1. The molecule has 1 aromatic heterocycles. The molecule has 0 atom stereocenters. The van der Waals surface area contributed by atoms with Crippen LogP contribution >= 0.6 is 0 Å². The van der Waals surface area contributed by atoms with Crippen molar-refractivity contribution in [1.82, 2.24) is 20.2 Å². The molecule has 0 bridgehead atoms. The zero-order valence-corrected chi connectivity index (χ0v) is 16.6. The van der Waals surface area contributed by atoms with E-state index >= 15 is 0 Å². The van der Waals surface area contributed by atoms with Crippen LogP contribution in [0.3, 0.4) is 0 Å². The van der Waals surface area contributed by atoms with Gasteiger partial charge in [-0.3, -0.25) is 4.79 Å². The molecule has 0 unspecified atom stereocenters. The molecule has 3 rings (SSSR count). The fraction of sp³-hybridized carbons (Fsp3) is 0.429. The van der Waals surface area contributed by atoms with Gasteiger partial charge in [-0.2, -0.15) is 0 Å². The number of likely N-dealkylation sites (tertiary alicyclic amines) is 1. The summed E-state index contributed by atoms with van der Waals surface area (Å²) in [5.74, 6) is 0.392. The summed E-state index contributed by atoms with van der Waals surface area (Å²) in [5.41, 5.74) is 1.53. The number of carbonyl (C=O) groups excluding carboxylic acids is 2. The number of nitrogens with zero attached hydrogens (tertiary/aromatic N) is 3. The molecule has 1 saturated heterocycles. The number of hydrogen-bond donors (Lipinski definition) is 2. The Morgan fingerprint density at radius 2 is 1.90 bits per heavy atom. The van der Waals surface area contributed by atoms with E-state index in [9.17, 15) is 9.59 Å². The van der Waals surface area contributed by atoms with E-state index in [1.807, 2.05) is 18.2 Å². The molecule has 2 heterocycles. The summed E-state index contributed by atoms with van der Waals surface area (Å²) in [6.07, 6.45) is 5.03. The predicted molar refractivity (Wildman–Crippen MR) is 110 cm³/mol. The first-order chi connectivity index (χ1) is 14.2. The maximum Gasteiger partial charge on any atom is 0.409 e. The predicted octanol–water partition coefficient (Wildman–Crippen LogP) is 2.48. The lowest BCUT2D eigenvalue weighted by Gasteiger charge is -2.31. The Labute approximate surface area is 170 Å². The highest BCUT2D eigenvalue weighted by Crippen LogP contribution is 2.12. The van der Waals surface area contributed by atoms with Gasteiger partial charge in [0, 0.05) is 25.7 Å². The van der Waals surface area contributed by atoms with Crippen molar-refractivity contribution in [3.63, 3.8) is 0 Å².